The SMILES string of the molecule is N#CC1C(CC(=O)O)C2CC1C1C3C=CC(C3)C21. The van der Waals surface area contributed by atoms with Crippen LogP contribution in [0, 0.1) is 58.7 Å². The van der Waals surface area contributed by atoms with E-state index in [1.807, 2.05) is 0 Å². The van der Waals surface area contributed by atoms with Gasteiger partial charge in [0.05, 0.1) is 12.0 Å². The monoisotopic (exact) mass is 243 g/mol. The van der Waals surface area contributed by atoms with Crippen LogP contribution in [0.15, 0.2) is 12.2 Å². The molecule has 0 spiro atoms. The first-order chi connectivity index (χ1) is 8.70. The van der Waals surface area contributed by atoms with Crippen molar-refractivity contribution in [2.75, 3.05) is 0 Å². The van der Waals surface area contributed by atoms with Gasteiger partial charge in [0.25, 0.3) is 0 Å². The number of carboxylic acids is 1. The molecule has 0 heterocycles. The van der Waals surface area contributed by atoms with Gasteiger partial charge in [-0.2, -0.15) is 5.26 Å². The second kappa shape index (κ2) is 3.38. The zero-order chi connectivity index (χ0) is 12.4. The quantitative estimate of drug-likeness (QED) is 0.598. The van der Waals surface area contributed by atoms with Crippen LogP contribution in [-0.4, -0.2) is 11.1 Å². The lowest BCUT2D eigenvalue weighted by Gasteiger charge is -2.38. The molecule has 3 nitrogen and oxygen atoms in total. The van der Waals surface area contributed by atoms with Crippen LogP contribution in [0.4, 0.5) is 0 Å². The average Bonchev–Trinajstić information content (AvgIpc) is 3.05. The molecule has 0 aromatic heterocycles. The molecule has 3 fully saturated rings. The number of carboxylic acid groups (broad SMARTS) is 1. The minimum Gasteiger partial charge on any atom is -0.481 e. The normalized spacial score (nSPS) is 54.6. The summed E-state index contributed by atoms with van der Waals surface area (Å²) in [5.41, 5.74) is 0. The molecule has 0 aliphatic heterocycles. The van der Waals surface area contributed by atoms with Gasteiger partial charge in [0.15, 0.2) is 0 Å². The van der Waals surface area contributed by atoms with Crippen molar-refractivity contribution in [1.29, 1.82) is 5.26 Å². The van der Waals surface area contributed by atoms with Crippen molar-refractivity contribution in [3.05, 3.63) is 12.2 Å². The first-order valence-electron chi connectivity index (χ1n) is 7.00. The van der Waals surface area contributed by atoms with Gasteiger partial charge in [0.2, 0.25) is 0 Å². The number of hydrogen-bond acceptors (Lipinski definition) is 2. The summed E-state index contributed by atoms with van der Waals surface area (Å²) in [7, 11) is 0. The minimum absolute atomic E-state index is 0.0000926. The van der Waals surface area contributed by atoms with Crippen LogP contribution in [0.2, 0.25) is 0 Å². The predicted octanol–water partition coefficient (Wildman–Crippen LogP) is 2.31. The molecule has 0 radical (unpaired) electrons. The molecule has 0 aromatic carbocycles. The number of rotatable bonds is 2. The van der Waals surface area contributed by atoms with Crippen molar-refractivity contribution in [3.8, 4) is 6.07 Å². The van der Waals surface area contributed by atoms with Crippen LogP contribution in [-0.2, 0) is 4.79 Å². The van der Waals surface area contributed by atoms with Gasteiger partial charge in [-0.15, -0.1) is 0 Å². The number of fused-ring (bicyclic) bond motifs is 9. The van der Waals surface area contributed by atoms with E-state index in [1.54, 1.807) is 0 Å². The van der Waals surface area contributed by atoms with Gasteiger partial charge in [-0.1, -0.05) is 12.2 Å². The molecule has 0 aromatic rings. The van der Waals surface area contributed by atoms with Crippen molar-refractivity contribution in [2.45, 2.75) is 19.3 Å². The zero-order valence-corrected chi connectivity index (χ0v) is 10.2. The molecular weight excluding hydrogens is 226 g/mol. The Morgan fingerprint density at radius 3 is 2.50 bits per heavy atom. The lowest BCUT2D eigenvalue weighted by atomic mass is 9.64. The molecule has 4 rings (SSSR count). The van der Waals surface area contributed by atoms with E-state index in [9.17, 15) is 10.1 Å². The van der Waals surface area contributed by atoms with E-state index in [2.05, 4.69) is 18.2 Å². The average molecular weight is 243 g/mol. The molecule has 0 amide bonds. The third kappa shape index (κ3) is 1.12. The Balaban J connectivity index is 1.68. The number of allylic oxidation sites excluding steroid dienone is 2. The molecule has 3 heteroatoms. The molecule has 1 N–H and O–H groups in total. The Morgan fingerprint density at radius 2 is 1.89 bits per heavy atom. The number of nitrogens with zero attached hydrogens (tertiary/aromatic N) is 1. The zero-order valence-electron chi connectivity index (χ0n) is 10.2. The first kappa shape index (κ1) is 10.6. The second-order valence-electron chi connectivity index (χ2n) is 6.58. The molecule has 4 bridgehead atoms. The van der Waals surface area contributed by atoms with Crippen LogP contribution < -0.4 is 0 Å². The van der Waals surface area contributed by atoms with Crippen LogP contribution in [0.25, 0.3) is 0 Å². The van der Waals surface area contributed by atoms with Gasteiger partial charge in [-0.3, -0.25) is 4.79 Å². The maximum absolute atomic E-state index is 11.0. The van der Waals surface area contributed by atoms with Crippen molar-refractivity contribution in [1.82, 2.24) is 0 Å². The molecular formula is C15H17NO2. The smallest absolute Gasteiger partial charge is 0.303 e. The maximum Gasteiger partial charge on any atom is 0.303 e. The summed E-state index contributed by atoms with van der Waals surface area (Å²) in [5, 5.41) is 18.5. The highest BCUT2D eigenvalue weighted by atomic mass is 16.4. The fourth-order valence-corrected chi connectivity index (χ4v) is 5.83. The number of hydrogen-bond donors (Lipinski definition) is 1. The van der Waals surface area contributed by atoms with Crippen LogP contribution >= 0.6 is 0 Å². The largest absolute Gasteiger partial charge is 0.481 e. The standard InChI is InChI=1S/C15H17NO2/c16-6-12-9(5-13(17)18)10-4-11(12)15-8-2-1-7(3-8)14(10)15/h1-2,7-12,14-15H,3-5H2,(H,17,18). The van der Waals surface area contributed by atoms with Crippen LogP contribution in [0.1, 0.15) is 19.3 Å². The lowest BCUT2D eigenvalue weighted by Crippen LogP contribution is -2.37. The number of nitriles is 1. The molecule has 3 saturated carbocycles. The summed E-state index contributed by atoms with van der Waals surface area (Å²) < 4.78 is 0. The van der Waals surface area contributed by atoms with Gasteiger partial charge in [-0.25, -0.2) is 0 Å². The van der Waals surface area contributed by atoms with Crippen molar-refractivity contribution in [2.24, 2.45) is 47.3 Å². The van der Waals surface area contributed by atoms with Gasteiger partial charge < -0.3 is 5.11 Å². The highest BCUT2D eigenvalue weighted by molar-refractivity contribution is 5.67. The van der Waals surface area contributed by atoms with E-state index in [4.69, 9.17) is 5.11 Å². The van der Waals surface area contributed by atoms with Crippen molar-refractivity contribution in [3.63, 3.8) is 0 Å². The van der Waals surface area contributed by atoms with E-state index < -0.39 is 5.97 Å². The van der Waals surface area contributed by atoms with Gasteiger partial charge >= 0.3 is 5.97 Å². The molecule has 18 heavy (non-hydrogen) atoms. The fraction of sp³-hybridized carbons (Fsp3) is 0.733. The third-order valence-corrected chi connectivity index (χ3v) is 6.15. The first-order valence-corrected chi connectivity index (χ1v) is 7.00. The van der Waals surface area contributed by atoms with E-state index in [0.29, 0.717) is 35.5 Å². The Bertz CT molecular complexity index is 477. The molecule has 4 aliphatic carbocycles. The Morgan fingerprint density at radius 1 is 1.22 bits per heavy atom. The molecule has 94 valence electrons. The van der Waals surface area contributed by atoms with Gasteiger partial charge in [0, 0.05) is 6.42 Å². The summed E-state index contributed by atoms with van der Waals surface area (Å²) in [6.45, 7) is 0. The van der Waals surface area contributed by atoms with Crippen molar-refractivity contribution < 1.29 is 9.90 Å². The summed E-state index contributed by atoms with van der Waals surface area (Å²) in [5.74, 6) is 3.13. The highest BCUT2D eigenvalue weighted by Crippen LogP contribution is 2.68. The Kier molecular flexibility index (Phi) is 1.99. The molecule has 4 aliphatic rings. The van der Waals surface area contributed by atoms with Crippen molar-refractivity contribution >= 4 is 5.97 Å². The molecule has 8 atom stereocenters. The van der Waals surface area contributed by atoms with E-state index in [1.165, 1.54) is 6.42 Å². The maximum atomic E-state index is 11.0. The Labute approximate surface area is 106 Å². The van der Waals surface area contributed by atoms with Crippen LogP contribution in [0.3, 0.4) is 0 Å². The number of carbonyl (C=O) groups is 1. The summed E-state index contributed by atoms with van der Waals surface area (Å²) in [6, 6.07) is 2.44. The summed E-state index contributed by atoms with van der Waals surface area (Å²) in [4.78, 5) is 11.0. The van der Waals surface area contributed by atoms with Crippen LogP contribution in [0.5, 0.6) is 0 Å². The molecule has 0 saturated heterocycles. The van der Waals surface area contributed by atoms with E-state index >= 15 is 0 Å². The summed E-state index contributed by atoms with van der Waals surface area (Å²) in [6.07, 6.45) is 7.28. The Hall–Kier alpha value is -1.30. The topological polar surface area (TPSA) is 61.1 Å². The second-order valence-corrected chi connectivity index (χ2v) is 6.58. The number of aliphatic carboxylic acids is 1. The lowest BCUT2D eigenvalue weighted by molar-refractivity contribution is -0.139. The fourth-order valence-electron chi connectivity index (χ4n) is 5.83. The minimum atomic E-state index is -0.733. The van der Waals surface area contributed by atoms with E-state index in [0.717, 1.165) is 6.42 Å². The predicted molar refractivity (Wildman–Crippen MR) is 64.2 cm³/mol. The van der Waals surface area contributed by atoms with Gasteiger partial charge in [0.1, 0.15) is 0 Å². The third-order valence-electron chi connectivity index (χ3n) is 6.15. The molecule has 8 unspecified atom stereocenters. The summed E-state index contributed by atoms with van der Waals surface area (Å²) >= 11 is 0. The van der Waals surface area contributed by atoms with Gasteiger partial charge in [-0.05, 0) is 54.3 Å². The highest BCUT2D eigenvalue weighted by Gasteiger charge is 2.64. The van der Waals surface area contributed by atoms with E-state index in [-0.39, 0.29) is 18.3 Å².